The van der Waals surface area contributed by atoms with Crippen molar-refractivity contribution in [2.75, 3.05) is 19.8 Å². The lowest BCUT2D eigenvalue weighted by molar-refractivity contribution is 0.0195. The van der Waals surface area contributed by atoms with E-state index in [0.29, 0.717) is 6.61 Å². The van der Waals surface area contributed by atoms with Gasteiger partial charge in [0.25, 0.3) is 0 Å². The SMILES string of the molecule is C=C(C)COCC(O)COc1ccc(CCC)cc1. The van der Waals surface area contributed by atoms with Gasteiger partial charge in [-0.1, -0.05) is 37.6 Å². The van der Waals surface area contributed by atoms with Gasteiger partial charge in [-0.3, -0.25) is 0 Å². The lowest BCUT2D eigenvalue weighted by Gasteiger charge is -2.13. The highest BCUT2D eigenvalue weighted by atomic mass is 16.5. The predicted molar refractivity (Wildman–Crippen MR) is 77.6 cm³/mol. The van der Waals surface area contributed by atoms with Crippen molar-refractivity contribution < 1.29 is 14.6 Å². The van der Waals surface area contributed by atoms with Crippen molar-refractivity contribution in [3.8, 4) is 5.75 Å². The van der Waals surface area contributed by atoms with Crippen LogP contribution in [0.2, 0.25) is 0 Å². The van der Waals surface area contributed by atoms with Crippen LogP contribution >= 0.6 is 0 Å². The molecule has 0 radical (unpaired) electrons. The highest BCUT2D eigenvalue weighted by Gasteiger charge is 2.05. The number of aliphatic hydroxyl groups is 1. The molecule has 1 N–H and O–H groups in total. The van der Waals surface area contributed by atoms with E-state index in [-0.39, 0.29) is 13.2 Å². The fraction of sp³-hybridized carbons (Fsp3) is 0.500. The molecule has 1 rings (SSSR count). The molecule has 1 aromatic rings. The van der Waals surface area contributed by atoms with Crippen LogP contribution in [0.5, 0.6) is 5.75 Å². The summed E-state index contributed by atoms with van der Waals surface area (Å²) >= 11 is 0. The summed E-state index contributed by atoms with van der Waals surface area (Å²) in [5, 5.41) is 9.68. The van der Waals surface area contributed by atoms with Crippen molar-refractivity contribution >= 4 is 0 Å². The van der Waals surface area contributed by atoms with Crippen molar-refractivity contribution in [3.63, 3.8) is 0 Å². The molecule has 3 nitrogen and oxygen atoms in total. The maximum atomic E-state index is 9.68. The fourth-order valence-electron chi connectivity index (χ4n) is 1.65. The molecule has 0 aromatic heterocycles. The van der Waals surface area contributed by atoms with Crippen LogP contribution < -0.4 is 4.74 Å². The summed E-state index contributed by atoms with van der Waals surface area (Å²) in [6.07, 6.45) is 1.60. The predicted octanol–water partition coefficient (Wildman–Crippen LogP) is 2.97. The minimum atomic E-state index is -0.616. The zero-order valence-corrected chi connectivity index (χ0v) is 11.9. The van der Waals surface area contributed by atoms with Crippen LogP contribution in [0.3, 0.4) is 0 Å². The maximum absolute atomic E-state index is 9.68. The van der Waals surface area contributed by atoms with E-state index in [0.717, 1.165) is 24.2 Å². The molecule has 0 saturated carbocycles. The molecule has 0 aliphatic rings. The largest absolute Gasteiger partial charge is 0.491 e. The number of aryl methyl sites for hydroxylation is 1. The van der Waals surface area contributed by atoms with E-state index in [1.165, 1.54) is 5.56 Å². The van der Waals surface area contributed by atoms with E-state index in [2.05, 4.69) is 25.6 Å². The molecule has 106 valence electrons. The van der Waals surface area contributed by atoms with Gasteiger partial charge in [0.2, 0.25) is 0 Å². The highest BCUT2D eigenvalue weighted by Crippen LogP contribution is 2.13. The molecule has 1 unspecified atom stereocenters. The lowest BCUT2D eigenvalue weighted by Crippen LogP contribution is -2.23. The summed E-state index contributed by atoms with van der Waals surface area (Å²) < 4.78 is 10.8. The van der Waals surface area contributed by atoms with Crippen LogP contribution in [0.25, 0.3) is 0 Å². The van der Waals surface area contributed by atoms with Gasteiger partial charge in [-0.25, -0.2) is 0 Å². The van der Waals surface area contributed by atoms with E-state index in [4.69, 9.17) is 9.47 Å². The summed E-state index contributed by atoms with van der Waals surface area (Å²) in [7, 11) is 0. The maximum Gasteiger partial charge on any atom is 0.119 e. The second kappa shape index (κ2) is 8.73. The van der Waals surface area contributed by atoms with Crippen LogP contribution in [0.4, 0.5) is 0 Å². The number of hydrogen-bond donors (Lipinski definition) is 1. The molecule has 0 heterocycles. The quantitative estimate of drug-likeness (QED) is 0.697. The average Bonchev–Trinajstić information content (AvgIpc) is 2.38. The first kappa shape index (κ1) is 15.7. The number of rotatable bonds is 9. The Balaban J connectivity index is 2.25. The van der Waals surface area contributed by atoms with Gasteiger partial charge in [0.05, 0.1) is 13.2 Å². The van der Waals surface area contributed by atoms with Gasteiger partial charge in [-0.05, 0) is 31.0 Å². The van der Waals surface area contributed by atoms with Gasteiger partial charge in [0.1, 0.15) is 18.5 Å². The molecule has 0 bridgehead atoms. The molecule has 0 saturated heterocycles. The third-order valence-electron chi connectivity index (χ3n) is 2.56. The minimum absolute atomic E-state index is 0.239. The Morgan fingerprint density at radius 1 is 1.26 bits per heavy atom. The molecule has 0 aliphatic heterocycles. The Morgan fingerprint density at radius 3 is 2.53 bits per heavy atom. The summed E-state index contributed by atoms with van der Waals surface area (Å²) in [6.45, 7) is 8.76. The number of ether oxygens (including phenoxy) is 2. The molecule has 0 amide bonds. The molecule has 0 fully saturated rings. The van der Waals surface area contributed by atoms with Crippen LogP contribution in [0.1, 0.15) is 25.8 Å². The van der Waals surface area contributed by atoms with Gasteiger partial charge >= 0.3 is 0 Å². The summed E-state index contributed by atoms with van der Waals surface area (Å²) in [4.78, 5) is 0. The number of hydrogen-bond acceptors (Lipinski definition) is 3. The monoisotopic (exact) mass is 264 g/mol. The van der Waals surface area contributed by atoms with Crippen molar-refractivity contribution in [2.45, 2.75) is 32.8 Å². The molecule has 3 heteroatoms. The van der Waals surface area contributed by atoms with E-state index in [1.54, 1.807) is 0 Å². The topological polar surface area (TPSA) is 38.7 Å². The van der Waals surface area contributed by atoms with Crippen molar-refractivity contribution in [3.05, 3.63) is 42.0 Å². The Labute approximate surface area is 115 Å². The molecule has 1 aromatic carbocycles. The van der Waals surface area contributed by atoms with Gasteiger partial charge < -0.3 is 14.6 Å². The lowest BCUT2D eigenvalue weighted by atomic mass is 10.1. The molecule has 0 aliphatic carbocycles. The summed E-state index contributed by atoms with van der Waals surface area (Å²) in [5.41, 5.74) is 2.25. The molecule has 0 spiro atoms. The van der Waals surface area contributed by atoms with E-state index < -0.39 is 6.10 Å². The summed E-state index contributed by atoms with van der Waals surface area (Å²) in [5.74, 6) is 0.777. The average molecular weight is 264 g/mol. The Kier molecular flexibility index (Phi) is 7.23. The van der Waals surface area contributed by atoms with Crippen LogP contribution in [-0.2, 0) is 11.2 Å². The van der Waals surface area contributed by atoms with E-state index in [9.17, 15) is 5.11 Å². The first-order valence-electron chi connectivity index (χ1n) is 6.73. The van der Waals surface area contributed by atoms with Crippen LogP contribution in [0.15, 0.2) is 36.4 Å². The van der Waals surface area contributed by atoms with Crippen molar-refractivity contribution in [1.29, 1.82) is 0 Å². The molecular weight excluding hydrogens is 240 g/mol. The van der Waals surface area contributed by atoms with Gasteiger partial charge in [-0.2, -0.15) is 0 Å². The minimum Gasteiger partial charge on any atom is -0.491 e. The smallest absolute Gasteiger partial charge is 0.119 e. The standard InChI is InChI=1S/C16H24O3/c1-4-5-14-6-8-16(9-7-14)19-12-15(17)11-18-10-13(2)3/h6-9,15,17H,2,4-5,10-12H2,1,3H3. The second-order valence-electron chi connectivity index (χ2n) is 4.83. The molecule has 1 atom stereocenters. The molecule has 19 heavy (non-hydrogen) atoms. The highest BCUT2D eigenvalue weighted by molar-refractivity contribution is 5.27. The number of benzene rings is 1. The zero-order chi connectivity index (χ0) is 14.1. The summed E-state index contributed by atoms with van der Waals surface area (Å²) in [6, 6.07) is 7.99. The second-order valence-corrected chi connectivity index (χ2v) is 4.83. The third-order valence-corrected chi connectivity index (χ3v) is 2.56. The number of aliphatic hydroxyl groups excluding tert-OH is 1. The first-order chi connectivity index (χ1) is 9.11. The van der Waals surface area contributed by atoms with Crippen molar-refractivity contribution in [1.82, 2.24) is 0 Å². The van der Waals surface area contributed by atoms with E-state index in [1.807, 2.05) is 19.1 Å². The van der Waals surface area contributed by atoms with E-state index >= 15 is 0 Å². The third kappa shape index (κ3) is 6.99. The Bertz CT molecular complexity index is 370. The van der Waals surface area contributed by atoms with Crippen LogP contribution in [-0.4, -0.2) is 31.0 Å². The van der Waals surface area contributed by atoms with Crippen LogP contribution in [0, 0.1) is 0 Å². The van der Waals surface area contributed by atoms with Gasteiger partial charge in [0, 0.05) is 0 Å². The first-order valence-corrected chi connectivity index (χ1v) is 6.73. The Morgan fingerprint density at radius 2 is 1.95 bits per heavy atom. The molecular formula is C16H24O3. The fourth-order valence-corrected chi connectivity index (χ4v) is 1.65. The Hall–Kier alpha value is -1.32. The van der Waals surface area contributed by atoms with Gasteiger partial charge in [0.15, 0.2) is 0 Å². The zero-order valence-electron chi connectivity index (χ0n) is 11.9. The van der Waals surface area contributed by atoms with Crippen molar-refractivity contribution in [2.24, 2.45) is 0 Å². The van der Waals surface area contributed by atoms with Gasteiger partial charge in [-0.15, -0.1) is 0 Å². The normalized spacial score (nSPS) is 12.2.